The molecule has 0 aromatic heterocycles. The Morgan fingerprint density at radius 2 is 1.08 bits per heavy atom. The number of aliphatic hydroxyl groups excluding tert-OH is 8. The fourth-order valence-electron chi connectivity index (χ4n) is 7.07. The minimum absolute atomic E-state index is 0.212. The Morgan fingerprint density at radius 3 is 1.66 bits per heavy atom. The first-order chi connectivity index (χ1) is 31.6. The number of aliphatic hydroxyl groups is 8. The molecule has 2 heterocycles. The van der Waals surface area contributed by atoms with Gasteiger partial charge in [0.2, 0.25) is 5.91 Å². The summed E-state index contributed by atoms with van der Waals surface area (Å²) in [6.45, 7) is 2.54. The zero-order valence-corrected chi connectivity index (χ0v) is 38.9. The molecule has 2 fully saturated rings. The van der Waals surface area contributed by atoms with Gasteiger partial charge in [-0.15, -0.1) is 0 Å². The lowest BCUT2D eigenvalue weighted by Crippen LogP contribution is -2.65. The zero-order chi connectivity index (χ0) is 47.5. The Morgan fingerprint density at radius 1 is 0.569 bits per heavy atom. The summed E-state index contributed by atoms with van der Waals surface area (Å²) in [5.41, 5.74) is 0. The summed E-state index contributed by atoms with van der Waals surface area (Å²) in [5, 5.41) is 86.4. The first kappa shape index (κ1) is 58.0. The summed E-state index contributed by atoms with van der Waals surface area (Å²) in [7, 11) is 0. The first-order valence-corrected chi connectivity index (χ1v) is 24.0. The highest BCUT2D eigenvalue weighted by Crippen LogP contribution is 2.30. The van der Waals surface area contributed by atoms with Gasteiger partial charge < -0.3 is 65.1 Å². The first-order valence-electron chi connectivity index (χ1n) is 24.0. The maximum absolute atomic E-state index is 13.1. The van der Waals surface area contributed by atoms with Crippen LogP contribution in [0.1, 0.15) is 123 Å². The summed E-state index contributed by atoms with van der Waals surface area (Å²) >= 11 is 0. The molecule has 370 valence electrons. The SMILES string of the molecule is CC/C=C\C/C=C\C/C=C\C/C=C\C/C=C\C/C=C\CCCCC(=O)NC(COC1OC(CO)C(OC2OC(CO)C(O)C(O)C2O)C(O)C1O)C(O)/C=C/CC/C=C/CCCCCC. The van der Waals surface area contributed by atoms with Crippen LogP contribution in [0.2, 0.25) is 0 Å². The molecule has 0 aromatic rings. The van der Waals surface area contributed by atoms with Crippen molar-refractivity contribution in [3.8, 4) is 0 Å². The van der Waals surface area contributed by atoms with Gasteiger partial charge in [0.05, 0.1) is 32.0 Å². The molecule has 1 amide bonds. The standard InChI is InChI=1S/C51H83NO13/c1-3-5-7-9-11-13-15-16-17-18-19-20-21-22-23-24-25-27-29-31-33-35-43(56)52-39(40(55)34-32-30-28-26-14-12-10-8-6-4-2)38-62-50-48(61)46(59)49(42(37-54)64-50)65-51-47(60)45(58)44(57)41(36-53)63-51/h5,7,11,13-14,16-17,19-20,22-23,25-27,32,34,39-42,44-51,53-55,57-61H,3-4,6,8-10,12,15,18,21,24,28-31,33,35-38H2,1-2H3,(H,52,56)/b7-5-,13-11-,17-16-,20-19-,23-22-,26-14+,27-25-,34-32+. The molecule has 12 unspecified atom stereocenters. The van der Waals surface area contributed by atoms with E-state index in [1.54, 1.807) is 6.08 Å². The molecule has 2 saturated heterocycles. The molecule has 2 aliphatic heterocycles. The number of hydrogen-bond acceptors (Lipinski definition) is 13. The molecule has 14 nitrogen and oxygen atoms in total. The second-order valence-corrected chi connectivity index (χ2v) is 16.5. The maximum Gasteiger partial charge on any atom is 0.220 e. The molecule has 0 saturated carbocycles. The molecule has 2 rings (SSSR count). The van der Waals surface area contributed by atoms with Crippen molar-refractivity contribution in [3.63, 3.8) is 0 Å². The Bertz CT molecular complexity index is 1460. The second kappa shape index (κ2) is 37.0. The van der Waals surface area contributed by atoms with Gasteiger partial charge in [-0.3, -0.25) is 4.79 Å². The number of carbonyl (C=O) groups excluding carboxylic acids is 1. The van der Waals surface area contributed by atoms with E-state index in [0.717, 1.165) is 70.6 Å². The number of ether oxygens (including phenoxy) is 4. The van der Waals surface area contributed by atoms with Gasteiger partial charge >= 0.3 is 0 Å². The lowest BCUT2D eigenvalue weighted by atomic mass is 9.97. The van der Waals surface area contributed by atoms with Gasteiger partial charge in [-0.1, -0.05) is 130 Å². The molecule has 0 aromatic carbocycles. The number of allylic oxidation sites excluding steroid dienone is 15. The van der Waals surface area contributed by atoms with E-state index in [1.807, 2.05) is 6.08 Å². The van der Waals surface area contributed by atoms with Crippen LogP contribution in [-0.2, 0) is 23.7 Å². The summed E-state index contributed by atoms with van der Waals surface area (Å²) in [6, 6.07) is -0.958. The Balaban J connectivity index is 1.87. The number of nitrogens with one attached hydrogen (secondary N) is 1. The summed E-state index contributed by atoms with van der Waals surface area (Å²) in [6.07, 6.45) is 31.8. The number of rotatable bonds is 34. The number of amides is 1. The zero-order valence-electron chi connectivity index (χ0n) is 38.9. The van der Waals surface area contributed by atoms with Crippen LogP contribution >= 0.6 is 0 Å². The number of unbranched alkanes of at least 4 members (excludes halogenated alkanes) is 7. The summed E-state index contributed by atoms with van der Waals surface area (Å²) < 4.78 is 22.6. The Kier molecular flexibility index (Phi) is 33.0. The summed E-state index contributed by atoms with van der Waals surface area (Å²) in [5.74, 6) is -0.300. The van der Waals surface area contributed by atoms with Gasteiger partial charge in [0.25, 0.3) is 0 Å². The van der Waals surface area contributed by atoms with Crippen molar-refractivity contribution in [2.45, 2.75) is 197 Å². The smallest absolute Gasteiger partial charge is 0.220 e. The van der Waals surface area contributed by atoms with Crippen LogP contribution in [0.4, 0.5) is 0 Å². The number of hydrogen-bond donors (Lipinski definition) is 9. The van der Waals surface area contributed by atoms with Crippen molar-refractivity contribution in [1.82, 2.24) is 5.32 Å². The molecule has 0 spiro atoms. The van der Waals surface area contributed by atoms with E-state index in [-0.39, 0.29) is 18.9 Å². The molecule has 65 heavy (non-hydrogen) atoms. The summed E-state index contributed by atoms with van der Waals surface area (Å²) in [4.78, 5) is 13.1. The monoisotopic (exact) mass is 918 g/mol. The number of carbonyl (C=O) groups is 1. The van der Waals surface area contributed by atoms with Crippen LogP contribution in [0.25, 0.3) is 0 Å². The van der Waals surface area contributed by atoms with Crippen molar-refractivity contribution < 1.29 is 64.6 Å². The minimum Gasteiger partial charge on any atom is -0.394 e. The lowest BCUT2D eigenvalue weighted by molar-refractivity contribution is -0.359. The lowest BCUT2D eigenvalue weighted by Gasteiger charge is -2.46. The molecule has 0 radical (unpaired) electrons. The molecular formula is C51H83NO13. The molecule has 0 bridgehead atoms. The van der Waals surface area contributed by atoms with Crippen LogP contribution < -0.4 is 5.32 Å². The van der Waals surface area contributed by atoms with E-state index in [4.69, 9.17) is 18.9 Å². The second-order valence-electron chi connectivity index (χ2n) is 16.5. The Labute approximate surface area is 388 Å². The van der Waals surface area contributed by atoms with Gasteiger partial charge in [-0.2, -0.15) is 0 Å². The van der Waals surface area contributed by atoms with Crippen LogP contribution in [-0.4, -0.2) is 140 Å². The van der Waals surface area contributed by atoms with E-state index < -0.39 is 86.8 Å². The van der Waals surface area contributed by atoms with E-state index >= 15 is 0 Å². The Hall–Kier alpha value is -3.09. The highest BCUT2D eigenvalue weighted by atomic mass is 16.7. The normalized spacial score (nSPS) is 27.9. The highest BCUT2D eigenvalue weighted by molar-refractivity contribution is 5.76. The average Bonchev–Trinajstić information content (AvgIpc) is 3.30. The molecule has 14 heteroatoms. The molecule has 0 aliphatic carbocycles. The van der Waals surface area contributed by atoms with E-state index in [2.05, 4.69) is 104 Å². The topological polar surface area (TPSA) is 228 Å². The largest absolute Gasteiger partial charge is 0.394 e. The highest BCUT2D eigenvalue weighted by Gasteiger charge is 2.50. The maximum atomic E-state index is 13.1. The predicted octanol–water partition coefficient (Wildman–Crippen LogP) is 5.59. The van der Waals surface area contributed by atoms with Crippen molar-refractivity contribution >= 4 is 5.91 Å². The third kappa shape index (κ3) is 24.5. The van der Waals surface area contributed by atoms with E-state index in [0.29, 0.717) is 12.8 Å². The van der Waals surface area contributed by atoms with Gasteiger partial charge in [0, 0.05) is 6.42 Å². The molecule has 9 N–H and O–H groups in total. The van der Waals surface area contributed by atoms with Crippen LogP contribution in [0.3, 0.4) is 0 Å². The fraction of sp³-hybridized carbons (Fsp3) is 0.667. The van der Waals surface area contributed by atoms with Crippen molar-refractivity contribution in [2.75, 3.05) is 19.8 Å². The van der Waals surface area contributed by atoms with Gasteiger partial charge in [0.15, 0.2) is 12.6 Å². The van der Waals surface area contributed by atoms with Gasteiger partial charge in [0.1, 0.15) is 48.8 Å². The predicted molar refractivity (Wildman–Crippen MR) is 253 cm³/mol. The molecular weight excluding hydrogens is 835 g/mol. The van der Waals surface area contributed by atoms with Gasteiger partial charge in [-0.25, -0.2) is 0 Å². The van der Waals surface area contributed by atoms with Gasteiger partial charge in [-0.05, 0) is 83.5 Å². The van der Waals surface area contributed by atoms with Crippen molar-refractivity contribution in [1.29, 1.82) is 0 Å². The fourth-order valence-corrected chi connectivity index (χ4v) is 7.07. The van der Waals surface area contributed by atoms with Crippen molar-refractivity contribution in [2.24, 2.45) is 0 Å². The quantitative estimate of drug-likeness (QED) is 0.0284. The van der Waals surface area contributed by atoms with E-state index in [1.165, 1.54) is 19.3 Å². The molecule has 12 atom stereocenters. The van der Waals surface area contributed by atoms with Crippen LogP contribution in [0.15, 0.2) is 97.2 Å². The molecule has 2 aliphatic rings. The third-order valence-electron chi connectivity index (χ3n) is 11.0. The minimum atomic E-state index is -1.80. The van der Waals surface area contributed by atoms with Crippen LogP contribution in [0.5, 0.6) is 0 Å². The van der Waals surface area contributed by atoms with Crippen LogP contribution in [0, 0.1) is 0 Å². The third-order valence-corrected chi connectivity index (χ3v) is 11.0. The van der Waals surface area contributed by atoms with Crippen molar-refractivity contribution in [3.05, 3.63) is 97.2 Å². The average molecular weight is 918 g/mol. The van der Waals surface area contributed by atoms with E-state index in [9.17, 15) is 45.6 Å².